The first kappa shape index (κ1) is 8.37. The maximum absolute atomic E-state index is 10.5. The second-order valence-corrected chi connectivity index (χ2v) is 2.85. The lowest BCUT2D eigenvalue weighted by Crippen LogP contribution is -1.92. The first-order valence-corrected chi connectivity index (χ1v) is 4.19. The van der Waals surface area contributed by atoms with Gasteiger partial charge in [0.05, 0.1) is 5.75 Å². The van der Waals surface area contributed by atoms with Gasteiger partial charge in [-0.25, -0.2) is 0 Å². The van der Waals surface area contributed by atoms with Crippen LogP contribution in [-0.4, -0.2) is 16.6 Å². The topological polar surface area (TPSA) is 17.1 Å². The molecule has 0 saturated carbocycles. The van der Waals surface area contributed by atoms with Crippen LogP contribution < -0.4 is 0 Å². The van der Waals surface area contributed by atoms with Gasteiger partial charge in [-0.15, -0.1) is 0 Å². The summed E-state index contributed by atoms with van der Waals surface area (Å²) in [6.07, 6.45) is 1.06. The van der Waals surface area contributed by atoms with Crippen LogP contribution in [0, 0.1) is 0 Å². The number of carbonyl (C=O) groups excluding carboxylic acids is 1. The van der Waals surface area contributed by atoms with Crippen LogP contribution in [0.1, 0.15) is 13.3 Å². The molecule has 0 saturated heterocycles. The van der Waals surface area contributed by atoms with Crippen LogP contribution in [-0.2, 0) is 4.79 Å². The van der Waals surface area contributed by atoms with E-state index < -0.39 is 0 Å². The number of hydrogen-bond acceptors (Lipinski definition) is 3. The molecular weight excluding hydrogens is 140 g/mol. The van der Waals surface area contributed by atoms with Crippen LogP contribution in [0.4, 0.5) is 0 Å². The van der Waals surface area contributed by atoms with E-state index in [1.165, 1.54) is 11.8 Å². The Labute approximate surface area is 59.6 Å². The van der Waals surface area contributed by atoms with Crippen molar-refractivity contribution in [2.45, 2.75) is 13.3 Å². The van der Waals surface area contributed by atoms with E-state index in [0.717, 1.165) is 12.2 Å². The molecule has 0 fully saturated rings. The Morgan fingerprint density at radius 3 is 2.75 bits per heavy atom. The molecule has 0 aliphatic heterocycles. The van der Waals surface area contributed by atoms with Crippen LogP contribution in [0.5, 0.6) is 0 Å². The van der Waals surface area contributed by atoms with Crippen molar-refractivity contribution in [3.05, 3.63) is 0 Å². The second-order valence-electron chi connectivity index (χ2n) is 1.38. The highest BCUT2D eigenvalue weighted by molar-refractivity contribution is 8.14. The van der Waals surface area contributed by atoms with Crippen molar-refractivity contribution < 1.29 is 4.79 Å². The lowest BCUT2D eigenvalue weighted by atomic mass is 10.6. The largest absolute Gasteiger partial charge is 0.286 e. The molecular formula is C5H10OS2. The van der Waals surface area contributed by atoms with Gasteiger partial charge in [0.15, 0.2) is 5.12 Å². The van der Waals surface area contributed by atoms with Crippen molar-refractivity contribution in [1.29, 1.82) is 0 Å². The lowest BCUT2D eigenvalue weighted by molar-refractivity contribution is -0.108. The number of rotatable bonds is 3. The maximum atomic E-state index is 10.5. The third-order valence-electron chi connectivity index (χ3n) is 0.596. The average Bonchev–Trinajstić information content (AvgIpc) is 1.83. The molecule has 0 spiro atoms. The smallest absolute Gasteiger partial charge is 0.198 e. The molecule has 0 aliphatic rings. The fraction of sp³-hybridized carbons (Fsp3) is 0.800. The monoisotopic (exact) mass is 150 g/mol. The minimum absolute atomic E-state index is 0.176. The summed E-state index contributed by atoms with van der Waals surface area (Å²) in [6, 6.07) is 0. The van der Waals surface area contributed by atoms with Crippen molar-refractivity contribution >= 4 is 29.5 Å². The molecule has 0 bridgehead atoms. The zero-order chi connectivity index (χ0) is 6.41. The van der Waals surface area contributed by atoms with E-state index in [0.29, 0.717) is 5.75 Å². The van der Waals surface area contributed by atoms with E-state index >= 15 is 0 Å². The number of hydrogen-bond donors (Lipinski definition) is 1. The molecule has 0 aromatic rings. The number of thiol groups is 1. The first-order chi connectivity index (χ1) is 3.81. The molecule has 48 valence electrons. The van der Waals surface area contributed by atoms with Gasteiger partial charge in [0.1, 0.15) is 0 Å². The summed E-state index contributed by atoms with van der Waals surface area (Å²) in [5, 5.41) is 0.176. The fourth-order valence-electron chi connectivity index (χ4n) is 0.262. The Kier molecular flexibility index (Phi) is 5.76. The number of thioether (sulfide) groups is 1. The van der Waals surface area contributed by atoms with Crippen molar-refractivity contribution in [1.82, 2.24) is 0 Å². The van der Waals surface area contributed by atoms with Gasteiger partial charge >= 0.3 is 0 Å². The van der Waals surface area contributed by atoms with Crippen LogP contribution in [0.3, 0.4) is 0 Å². The van der Waals surface area contributed by atoms with Crippen LogP contribution in [0.25, 0.3) is 0 Å². The Bertz CT molecular complexity index is 72.8. The standard InChI is InChI=1S/C5H10OS2/c1-2-3-8-5(6)4-7/h7H,2-4H2,1H3. The maximum Gasteiger partial charge on any atom is 0.198 e. The molecule has 3 heteroatoms. The summed E-state index contributed by atoms with van der Waals surface area (Å²) in [5.41, 5.74) is 0. The Balaban J connectivity index is 2.99. The van der Waals surface area contributed by atoms with Gasteiger partial charge in [-0.3, -0.25) is 4.79 Å². The molecule has 0 radical (unpaired) electrons. The average molecular weight is 150 g/mol. The molecule has 0 atom stereocenters. The van der Waals surface area contributed by atoms with Gasteiger partial charge in [-0.05, 0) is 6.42 Å². The van der Waals surface area contributed by atoms with Crippen LogP contribution in [0.2, 0.25) is 0 Å². The molecule has 0 amide bonds. The summed E-state index contributed by atoms with van der Waals surface area (Å²) in [6.45, 7) is 2.05. The van der Waals surface area contributed by atoms with Gasteiger partial charge < -0.3 is 0 Å². The molecule has 0 heterocycles. The minimum Gasteiger partial charge on any atom is -0.286 e. The predicted molar refractivity (Wildman–Crippen MR) is 41.6 cm³/mol. The molecule has 0 aliphatic carbocycles. The molecule has 8 heavy (non-hydrogen) atoms. The van der Waals surface area contributed by atoms with Crippen molar-refractivity contribution in [3.63, 3.8) is 0 Å². The van der Waals surface area contributed by atoms with Crippen molar-refractivity contribution in [2.75, 3.05) is 11.5 Å². The SMILES string of the molecule is CCCSC(=O)CS. The number of carbonyl (C=O) groups is 1. The van der Waals surface area contributed by atoms with Crippen LogP contribution in [0.15, 0.2) is 0 Å². The molecule has 1 nitrogen and oxygen atoms in total. The van der Waals surface area contributed by atoms with Crippen molar-refractivity contribution in [2.24, 2.45) is 0 Å². The predicted octanol–water partition coefficient (Wildman–Crippen LogP) is 1.59. The van der Waals surface area contributed by atoms with E-state index in [1.54, 1.807) is 0 Å². The van der Waals surface area contributed by atoms with E-state index in [2.05, 4.69) is 19.6 Å². The first-order valence-electron chi connectivity index (χ1n) is 2.57. The second kappa shape index (κ2) is 5.51. The zero-order valence-electron chi connectivity index (χ0n) is 4.89. The fourth-order valence-corrected chi connectivity index (χ4v) is 1.06. The van der Waals surface area contributed by atoms with Gasteiger partial charge in [-0.2, -0.15) is 12.6 Å². The Hall–Kier alpha value is 0.370. The summed E-state index contributed by atoms with van der Waals surface area (Å²) in [5.74, 6) is 1.30. The highest BCUT2D eigenvalue weighted by atomic mass is 32.2. The van der Waals surface area contributed by atoms with E-state index in [4.69, 9.17) is 0 Å². The van der Waals surface area contributed by atoms with E-state index in [9.17, 15) is 4.79 Å². The van der Waals surface area contributed by atoms with E-state index in [-0.39, 0.29) is 5.12 Å². The normalized spacial score (nSPS) is 9.25. The quantitative estimate of drug-likeness (QED) is 0.615. The Morgan fingerprint density at radius 1 is 1.75 bits per heavy atom. The summed E-state index contributed by atoms with van der Waals surface area (Å²) in [7, 11) is 0. The molecule has 0 rings (SSSR count). The minimum atomic E-state index is 0.176. The van der Waals surface area contributed by atoms with Crippen LogP contribution >= 0.6 is 24.4 Å². The Morgan fingerprint density at radius 2 is 2.38 bits per heavy atom. The molecule has 0 aromatic heterocycles. The van der Waals surface area contributed by atoms with Gasteiger partial charge in [0.25, 0.3) is 0 Å². The van der Waals surface area contributed by atoms with Gasteiger partial charge in [0, 0.05) is 5.75 Å². The van der Waals surface area contributed by atoms with Crippen molar-refractivity contribution in [3.8, 4) is 0 Å². The molecule has 0 unspecified atom stereocenters. The molecule has 0 aromatic carbocycles. The van der Waals surface area contributed by atoms with Gasteiger partial charge in [0.2, 0.25) is 0 Å². The van der Waals surface area contributed by atoms with E-state index in [1.807, 2.05) is 0 Å². The lowest BCUT2D eigenvalue weighted by Gasteiger charge is -1.90. The zero-order valence-corrected chi connectivity index (χ0v) is 6.60. The molecule has 0 N–H and O–H groups in total. The highest BCUT2D eigenvalue weighted by Crippen LogP contribution is 2.03. The third-order valence-corrected chi connectivity index (χ3v) is 2.18. The third kappa shape index (κ3) is 4.53. The van der Waals surface area contributed by atoms with Gasteiger partial charge in [-0.1, -0.05) is 18.7 Å². The summed E-state index contributed by atoms with van der Waals surface area (Å²) in [4.78, 5) is 10.5. The summed E-state index contributed by atoms with van der Waals surface area (Å²) >= 11 is 5.18. The highest BCUT2D eigenvalue weighted by Gasteiger charge is 1.94. The summed E-state index contributed by atoms with van der Waals surface area (Å²) < 4.78 is 0.